The predicted molar refractivity (Wildman–Crippen MR) is 283 cm³/mol. The highest BCUT2D eigenvalue weighted by atomic mass is 35.5. The minimum Gasteiger partial charge on any atom is -0.497 e. The van der Waals surface area contributed by atoms with Crippen LogP contribution in [0.5, 0.6) is 23.0 Å². The number of aromatic nitrogens is 3. The van der Waals surface area contributed by atoms with Crippen molar-refractivity contribution in [2.75, 3.05) is 63.2 Å². The third-order valence-electron chi connectivity index (χ3n) is 15.7. The lowest BCUT2D eigenvalue weighted by molar-refractivity contribution is -0.137. The van der Waals surface area contributed by atoms with E-state index in [2.05, 4.69) is 25.5 Å². The van der Waals surface area contributed by atoms with Gasteiger partial charge in [-0.25, -0.2) is 33.1 Å². The van der Waals surface area contributed by atoms with E-state index in [4.69, 9.17) is 45.3 Å². The molecule has 408 valence electrons. The van der Waals surface area contributed by atoms with E-state index in [1.807, 2.05) is 55.5 Å². The van der Waals surface area contributed by atoms with Crippen LogP contribution in [0.1, 0.15) is 77.6 Å². The molecule has 2 saturated heterocycles. The average molecular weight is 1100 g/mol. The Morgan fingerprint density at radius 2 is 1.53 bits per heavy atom. The Kier molecular flexibility index (Phi) is 13.8. The van der Waals surface area contributed by atoms with Gasteiger partial charge in [0.15, 0.2) is 11.6 Å². The van der Waals surface area contributed by atoms with Gasteiger partial charge in [-0.15, -0.1) is 0 Å². The summed E-state index contributed by atoms with van der Waals surface area (Å²) in [5.74, 6) is -2.27. The molecule has 2 aromatic heterocycles. The number of alkyl halides is 5. The average Bonchev–Trinajstić information content (AvgIpc) is 3.73. The second-order valence-electron chi connectivity index (χ2n) is 20.5. The number of nitrogens with one attached hydrogen (secondary N) is 2. The maximum absolute atomic E-state index is 18.4. The number of methoxy groups -OCH3 is 3. The molecule has 21 heteroatoms. The SMILES string of the molecule is COc1ccc(CNc2ncncc2C(C)N2C=C(OC[C@@]34CCCN3C[C@]3(CC3(F)F)C4)Oc3c(F)c(-c4nc(N(Cc5ccc(OC)cc5)Cc5ccc(OC)cc5)cc(C)c4C(F)(F)F)c(Cl)c4c3C2=NCN4)cc1. The molecular weight excluding hydrogens is 1040 g/mol. The first-order valence-electron chi connectivity index (χ1n) is 25.5. The number of pyridine rings is 1. The van der Waals surface area contributed by atoms with Crippen molar-refractivity contribution in [3.8, 4) is 34.3 Å². The van der Waals surface area contributed by atoms with Crippen molar-refractivity contribution in [2.45, 2.75) is 82.8 Å². The molecule has 6 heterocycles. The lowest BCUT2D eigenvalue weighted by atomic mass is 9.89. The number of benzene rings is 4. The van der Waals surface area contributed by atoms with E-state index >= 15 is 26.3 Å². The summed E-state index contributed by atoms with van der Waals surface area (Å²) < 4.78 is 125. The van der Waals surface area contributed by atoms with Crippen LogP contribution < -0.4 is 34.5 Å². The van der Waals surface area contributed by atoms with Crippen molar-refractivity contribution in [1.82, 2.24) is 24.8 Å². The Bertz CT molecular complexity index is 3260. The van der Waals surface area contributed by atoms with Crippen LogP contribution in [0, 0.1) is 18.2 Å². The normalized spacial score (nSPS) is 20.3. The number of rotatable bonds is 17. The Hall–Kier alpha value is -7.45. The lowest BCUT2D eigenvalue weighted by Crippen LogP contribution is -2.42. The molecule has 5 aliphatic rings. The first-order chi connectivity index (χ1) is 37.4. The molecule has 0 amide bonds. The zero-order valence-electron chi connectivity index (χ0n) is 43.4. The van der Waals surface area contributed by atoms with Gasteiger partial charge in [0.25, 0.3) is 5.92 Å². The molecule has 2 N–H and O–H groups in total. The van der Waals surface area contributed by atoms with Crippen LogP contribution in [-0.4, -0.2) is 89.7 Å². The number of hydrogen-bond acceptors (Lipinski definition) is 14. The van der Waals surface area contributed by atoms with E-state index in [1.165, 1.54) is 25.5 Å². The largest absolute Gasteiger partial charge is 0.497 e. The van der Waals surface area contributed by atoms with Crippen molar-refractivity contribution in [2.24, 2.45) is 10.4 Å². The van der Waals surface area contributed by atoms with Crippen molar-refractivity contribution in [1.29, 1.82) is 0 Å². The van der Waals surface area contributed by atoms with Gasteiger partial charge in [-0.05, 0) is 104 Å². The van der Waals surface area contributed by atoms with Crippen LogP contribution in [0.3, 0.4) is 0 Å². The van der Waals surface area contributed by atoms with Crippen LogP contribution in [0.15, 0.2) is 109 Å². The first-order valence-corrected chi connectivity index (χ1v) is 25.9. The van der Waals surface area contributed by atoms with Gasteiger partial charge < -0.3 is 44.1 Å². The van der Waals surface area contributed by atoms with Crippen molar-refractivity contribution in [3.05, 3.63) is 153 Å². The Morgan fingerprint density at radius 3 is 2.13 bits per heavy atom. The Morgan fingerprint density at radius 1 is 0.897 bits per heavy atom. The standard InChI is InChI=1S/C57H56ClF6N9O5/c1-33-21-42(71(24-36-9-15-39(75-4)16-10-36)25-37-11-17-40(76-5)18-12-37)70-49(46(33)57(62,63)64)44-47(58)50-45-51(48(44)59)78-43(77-30-55-19-6-20-72(55)29-54(27-55)28-56(54,60)61)26-73(53(45)69-32-67-50)34(2)41-23-65-31-68-52(41)66-22-35-7-13-38(74-3)14-8-35/h7-18,21,23,26,31,34,67H,6,19-20,22,24-25,27-30,32H2,1-5H3,(H,65,66,68)/t34?,54-,55+/m1/s1. The topological polar surface area (TPSA) is 131 Å². The minimum absolute atomic E-state index is 0.000960. The fourth-order valence-corrected chi connectivity index (χ4v) is 11.8. The van der Waals surface area contributed by atoms with Crippen LogP contribution in [0.4, 0.5) is 43.7 Å². The molecule has 6 aromatic rings. The van der Waals surface area contributed by atoms with Crippen LogP contribution in [0.25, 0.3) is 11.3 Å². The fraction of sp³-hybridized carbons (Fsp3) is 0.368. The van der Waals surface area contributed by atoms with Gasteiger partial charge in [-0.1, -0.05) is 48.0 Å². The molecule has 3 atom stereocenters. The second-order valence-corrected chi connectivity index (χ2v) is 20.9. The summed E-state index contributed by atoms with van der Waals surface area (Å²) in [6.07, 6.45) is 0.769. The fourth-order valence-electron chi connectivity index (χ4n) is 11.5. The number of aryl methyl sites for hydroxylation is 1. The number of hydrogen-bond donors (Lipinski definition) is 2. The summed E-state index contributed by atoms with van der Waals surface area (Å²) in [6.45, 7) is 4.42. The molecule has 78 heavy (non-hydrogen) atoms. The molecule has 4 aromatic carbocycles. The van der Waals surface area contributed by atoms with Gasteiger partial charge in [0.2, 0.25) is 0 Å². The summed E-state index contributed by atoms with van der Waals surface area (Å²) in [4.78, 5) is 24.0. The monoisotopic (exact) mass is 1100 g/mol. The molecule has 1 unspecified atom stereocenters. The molecule has 1 saturated carbocycles. The number of anilines is 3. The molecule has 4 aliphatic heterocycles. The molecule has 1 spiro atoms. The zero-order valence-corrected chi connectivity index (χ0v) is 44.2. The number of nitrogens with zero attached hydrogens (tertiary/aromatic N) is 7. The maximum atomic E-state index is 18.4. The number of halogens is 7. The second kappa shape index (κ2) is 20.4. The van der Waals surface area contributed by atoms with Crippen molar-refractivity contribution in [3.63, 3.8) is 0 Å². The third-order valence-corrected chi connectivity index (χ3v) is 16.0. The van der Waals surface area contributed by atoms with Crippen molar-refractivity contribution < 1.29 is 50.0 Å². The van der Waals surface area contributed by atoms with E-state index in [-0.39, 0.29) is 80.2 Å². The third kappa shape index (κ3) is 9.70. The number of ether oxygens (including phenoxy) is 5. The molecule has 0 bridgehead atoms. The highest BCUT2D eigenvalue weighted by molar-refractivity contribution is 6.37. The molecular formula is C57H56ClF6N9O5. The maximum Gasteiger partial charge on any atom is 0.418 e. The number of fused-ring (bicyclic) bond motifs is 1. The van der Waals surface area contributed by atoms with Gasteiger partial charge in [0.05, 0.1) is 77.6 Å². The van der Waals surface area contributed by atoms with Gasteiger partial charge >= 0.3 is 12.1 Å². The molecule has 3 fully saturated rings. The molecule has 0 radical (unpaired) electrons. The van der Waals surface area contributed by atoms with Gasteiger partial charge in [0, 0.05) is 44.4 Å². The van der Waals surface area contributed by atoms with Gasteiger partial charge in [-0.3, -0.25) is 4.90 Å². The van der Waals surface area contributed by atoms with E-state index in [0.717, 1.165) is 23.1 Å². The Labute approximate surface area is 452 Å². The van der Waals surface area contributed by atoms with E-state index in [1.54, 1.807) is 61.6 Å². The minimum atomic E-state index is -5.05. The summed E-state index contributed by atoms with van der Waals surface area (Å²) in [5, 5.41) is 6.10. The highest BCUT2D eigenvalue weighted by Gasteiger charge is 2.77. The highest BCUT2D eigenvalue weighted by Crippen LogP contribution is 2.69. The molecule has 11 rings (SSSR count). The predicted octanol–water partition coefficient (Wildman–Crippen LogP) is 12.2. The number of aliphatic imine (C=N–C) groups is 1. The summed E-state index contributed by atoms with van der Waals surface area (Å²) >= 11 is 7.32. The first kappa shape index (κ1) is 52.6. The quantitative estimate of drug-likeness (QED) is 0.0841. The van der Waals surface area contributed by atoms with Crippen molar-refractivity contribution >= 4 is 34.8 Å². The van der Waals surface area contributed by atoms with Crippen LogP contribution in [-0.2, 0) is 30.5 Å². The van der Waals surface area contributed by atoms with Crippen LogP contribution in [0.2, 0.25) is 5.02 Å². The molecule has 14 nitrogen and oxygen atoms in total. The summed E-state index contributed by atoms with van der Waals surface area (Å²) in [7, 11) is 4.68. The number of amidine groups is 1. The summed E-state index contributed by atoms with van der Waals surface area (Å²) in [6, 6.07) is 22.6. The van der Waals surface area contributed by atoms with Gasteiger partial charge in [0.1, 0.15) is 54.3 Å². The lowest BCUT2D eigenvalue weighted by Gasteiger charge is -2.33. The molecule has 1 aliphatic carbocycles. The smallest absolute Gasteiger partial charge is 0.418 e. The van der Waals surface area contributed by atoms with Gasteiger partial charge in [-0.2, -0.15) is 13.2 Å². The van der Waals surface area contributed by atoms with E-state index in [0.29, 0.717) is 48.1 Å². The van der Waals surface area contributed by atoms with E-state index in [9.17, 15) is 0 Å². The Balaban J connectivity index is 1.03. The zero-order chi connectivity index (χ0) is 54.7. The van der Waals surface area contributed by atoms with E-state index < -0.39 is 62.5 Å². The van der Waals surface area contributed by atoms with Crippen LogP contribution >= 0.6 is 11.6 Å². The summed E-state index contributed by atoms with van der Waals surface area (Å²) in [5.41, 5.74) is -1.76.